The van der Waals surface area contributed by atoms with Crippen LogP contribution in [0.1, 0.15) is 11.1 Å². The number of fused-ring (bicyclic) bond motifs is 2. The first-order chi connectivity index (χ1) is 15.4. The van der Waals surface area contributed by atoms with Crippen molar-refractivity contribution in [3.8, 4) is 0 Å². The van der Waals surface area contributed by atoms with Crippen molar-refractivity contribution in [2.24, 2.45) is 0 Å². The van der Waals surface area contributed by atoms with Crippen LogP contribution in [0.15, 0.2) is 113 Å². The summed E-state index contributed by atoms with van der Waals surface area (Å²) in [6.45, 7) is 0. The van der Waals surface area contributed by atoms with Gasteiger partial charge in [0, 0.05) is 0 Å². The predicted molar refractivity (Wildman–Crippen MR) is 125 cm³/mol. The monoisotopic (exact) mass is 404 g/mol. The van der Waals surface area contributed by atoms with Crippen LogP contribution in [-0.2, 0) is 6.42 Å². The molecule has 2 aromatic heterocycles. The fourth-order valence-corrected chi connectivity index (χ4v) is 3.68. The molecule has 0 radical (unpaired) electrons. The van der Waals surface area contributed by atoms with Crippen LogP contribution in [0.5, 0.6) is 0 Å². The first-order valence-corrected chi connectivity index (χ1v) is 10.1. The topological polar surface area (TPSA) is 52.1 Å². The van der Waals surface area contributed by atoms with Crippen LogP contribution >= 0.6 is 0 Å². The third kappa shape index (κ3) is 4.09. The van der Waals surface area contributed by atoms with E-state index >= 15 is 0 Å². The molecule has 0 spiro atoms. The van der Waals surface area contributed by atoms with Gasteiger partial charge in [-0.15, -0.1) is 0 Å². The molecule has 1 aliphatic rings. The van der Waals surface area contributed by atoms with Crippen LogP contribution in [0.3, 0.4) is 0 Å². The standard InChI is InChI=1S/C13H10.2C7H5NO/c1-4-10-6-2-8-12-9-3-7-11(5-1)13(10)12;2*1-2-4-7-6(3-1)8-5-9-7/h1-8H,9H2;2*1-5H. The van der Waals surface area contributed by atoms with E-state index in [4.69, 9.17) is 8.83 Å². The molecule has 0 saturated carbocycles. The number of nitrogens with zero attached hydrogens (tertiary/aromatic N) is 2. The Labute approximate surface area is 179 Å². The second kappa shape index (κ2) is 8.67. The lowest BCUT2D eigenvalue weighted by molar-refractivity contribution is 0.602. The number of rotatable bonds is 0. The molecule has 0 N–H and O–H groups in total. The number of aromatic nitrogens is 2. The molecule has 0 unspecified atom stereocenters. The van der Waals surface area contributed by atoms with Crippen molar-refractivity contribution in [3.05, 3.63) is 115 Å². The van der Waals surface area contributed by atoms with Gasteiger partial charge in [-0.05, 0) is 52.6 Å². The van der Waals surface area contributed by atoms with E-state index < -0.39 is 0 Å². The molecule has 0 bridgehead atoms. The van der Waals surface area contributed by atoms with Crippen LogP contribution in [-0.4, -0.2) is 9.97 Å². The number of hydrogen-bond donors (Lipinski definition) is 0. The summed E-state index contributed by atoms with van der Waals surface area (Å²) < 4.78 is 10.0. The molecule has 0 fully saturated rings. The van der Waals surface area contributed by atoms with Gasteiger partial charge in [0.1, 0.15) is 11.0 Å². The molecule has 4 aromatic carbocycles. The fraction of sp³-hybridized carbons (Fsp3) is 0.0370. The average molecular weight is 404 g/mol. The largest absolute Gasteiger partial charge is 0.443 e. The van der Waals surface area contributed by atoms with Crippen molar-refractivity contribution in [1.82, 2.24) is 9.97 Å². The van der Waals surface area contributed by atoms with Gasteiger partial charge in [-0.3, -0.25) is 0 Å². The van der Waals surface area contributed by atoms with Gasteiger partial charge in [0.05, 0.1) is 0 Å². The number of benzene rings is 4. The molecule has 0 amide bonds. The lowest BCUT2D eigenvalue weighted by atomic mass is 9.93. The predicted octanol–water partition coefficient (Wildman–Crippen LogP) is 7.06. The summed E-state index contributed by atoms with van der Waals surface area (Å²) in [6.07, 6.45) is 8.43. The lowest BCUT2D eigenvalue weighted by Gasteiger charge is -2.11. The van der Waals surface area contributed by atoms with E-state index in [-0.39, 0.29) is 0 Å². The third-order valence-corrected chi connectivity index (χ3v) is 5.13. The number of para-hydroxylation sites is 4. The van der Waals surface area contributed by atoms with Crippen LogP contribution in [0.2, 0.25) is 0 Å². The molecule has 0 atom stereocenters. The molecule has 4 heteroatoms. The molecule has 0 saturated heterocycles. The number of hydrogen-bond acceptors (Lipinski definition) is 4. The Hall–Kier alpha value is -4.18. The zero-order valence-electron chi connectivity index (χ0n) is 16.8. The molecular weight excluding hydrogens is 384 g/mol. The van der Waals surface area contributed by atoms with Gasteiger partial charge in [0.15, 0.2) is 24.0 Å². The Morgan fingerprint density at radius 2 is 1.23 bits per heavy atom. The smallest absolute Gasteiger partial charge is 0.181 e. The van der Waals surface area contributed by atoms with Gasteiger partial charge in [0.2, 0.25) is 0 Å². The van der Waals surface area contributed by atoms with E-state index in [0.717, 1.165) is 28.6 Å². The highest BCUT2D eigenvalue weighted by Crippen LogP contribution is 2.27. The quantitative estimate of drug-likeness (QED) is 0.272. The highest BCUT2D eigenvalue weighted by atomic mass is 16.3. The molecule has 4 nitrogen and oxygen atoms in total. The van der Waals surface area contributed by atoms with E-state index in [2.05, 4.69) is 58.5 Å². The minimum Gasteiger partial charge on any atom is -0.443 e. The Morgan fingerprint density at radius 1 is 0.613 bits per heavy atom. The molecule has 31 heavy (non-hydrogen) atoms. The molecule has 150 valence electrons. The van der Waals surface area contributed by atoms with E-state index in [9.17, 15) is 0 Å². The van der Waals surface area contributed by atoms with Crippen molar-refractivity contribution in [2.45, 2.75) is 6.42 Å². The van der Waals surface area contributed by atoms with Gasteiger partial charge in [-0.25, -0.2) is 9.97 Å². The molecule has 7 rings (SSSR count). The Balaban J connectivity index is 0.000000102. The molecule has 1 aliphatic carbocycles. The Bertz CT molecular complexity index is 1350. The summed E-state index contributed by atoms with van der Waals surface area (Å²) >= 11 is 0. The third-order valence-electron chi connectivity index (χ3n) is 5.13. The maximum Gasteiger partial charge on any atom is 0.181 e. The van der Waals surface area contributed by atoms with E-state index in [1.807, 2.05) is 48.5 Å². The van der Waals surface area contributed by atoms with Gasteiger partial charge < -0.3 is 8.83 Å². The van der Waals surface area contributed by atoms with Crippen molar-refractivity contribution < 1.29 is 8.83 Å². The lowest BCUT2D eigenvalue weighted by Crippen LogP contribution is -1.91. The second-order valence-electron chi connectivity index (χ2n) is 7.11. The van der Waals surface area contributed by atoms with Crippen LogP contribution in [0.25, 0.3) is 39.0 Å². The average Bonchev–Trinajstić information content (AvgIpc) is 3.50. The van der Waals surface area contributed by atoms with Gasteiger partial charge in [-0.2, -0.15) is 0 Å². The fourth-order valence-electron chi connectivity index (χ4n) is 3.68. The normalized spacial score (nSPS) is 11.6. The first-order valence-electron chi connectivity index (χ1n) is 10.1. The summed E-state index contributed by atoms with van der Waals surface area (Å²) in [4.78, 5) is 7.90. The van der Waals surface area contributed by atoms with Crippen molar-refractivity contribution in [1.29, 1.82) is 0 Å². The van der Waals surface area contributed by atoms with Crippen molar-refractivity contribution >= 4 is 39.0 Å². The van der Waals surface area contributed by atoms with Crippen molar-refractivity contribution in [3.63, 3.8) is 0 Å². The summed E-state index contributed by atoms with van der Waals surface area (Å²) in [5, 5.41) is 2.80. The summed E-state index contributed by atoms with van der Waals surface area (Å²) in [5.41, 5.74) is 6.33. The van der Waals surface area contributed by atoms with Crippen LogP contribution < -0.4 is 0 Å². The van der Waals surface area contributed by atoms with E-state index in [1.54, 1.807) is 0 Å². The molecule has 2 heterocycles. The summed E-state index contributed by atoms with van der Waals surface area (Å²) in [6, 6.07) is 28.4. The molecule has 6 aromatic rings. The highest BCUT2D eigenvalue weighted by Gasteiger charge is 2.06. The number of oxazole rings is 2. The SMILES string of the molecule is C1=Cc2cccc3cccc(c23)C1.c1ccc2ocnc2c1.c1ccc2ocnc2c1. The summed E-state index contributed by atoms with van der Waals surface area (Å²) in [7, 11) is 0. The van der Waals surface area contributed by atoms with Crippen molar-refractivity contribution in [2.75, 3.05) is 0 Å². The minimum absolute atomic E-state index is 0.845. The minimum atomic E-state index is 0.845. The molecular formula is C27H20N2O2. The number of allylic oxidation sites excluding steroid dienone is 1. The zero-order chi connectivity index (χ0) is 20.9. The van der Waals surface area contributed by atoms with Gasteiger partial charge in [-0.1, -0.05) is 72.8 Å². The van der Waals surface area contributed by atoms with Crippen LogP contribution in [0.4, 0.5) is 0 Å². The highest BCUT2D eigenvalue weighted by molar-refractivity contribution is 5.94. The van der Waals surface area contributed by atoms with E-state index in [1.165, 1.54) is 34.7 Å². The van der Waals surface area contributed by atoms with Crippen LogP contribution in [0, 0.1) is 0 Å². The Kier molecular flexibility index (Phi) is 5.27. The summed E-state index contributed by atoms with van der Waals surface area (Å²) in [5.74, 6) is 0. The maximum atomic E-state index is 5.01. The maximum absolute atomic E-state index is 5.01. The van der Waals surface area contributed by atoms with Gasteiger partial charge in [0.25, 0.3) is 0 Å². The second-order valence-corrected chi connectivity index (χ2v) is 7.11. The zero-order valence-corrected chi connectivity index (χ0v) is 16.8. The van der Waals surface area contributed by atoms with E-state index in [0.29, 0.717) is 0 Å². The Morgan fingerprint density at radius 3 is 1.87 bits per heavy atom. The first kappa shape index (κ1) is 18.8. The molecule has 0 aliphatic heterocycles. The van der Waals surface area contributed by atoms with Gasteiger partial charge >= 0.3 is 0 Å².